The Morgan fingerprint density at radius 3 is 0.867 bits per heavy atom. The van der Waals surface area contributed by atoms with E-state index in [2.05, 4.69) is 276 Å². The third kappa shape index (κ3) is 11.7. The number of rotatable bonds is 11. The first kappa shape index (κ1) is 69.5. The lowest BCUT2D eigenvalue weighted by Crippen LogP contribution is -2.01. The first-order valence-corrected chi connectivity index (χ1v) is 43.4. The van der Waals surface area contributed by atoms with Gasteiger partial charge in [-0.3, -0.25) is 0 Å². The van der Waals surface area contributed by atoms with Crippen LogP contribution >= 0.6 is 45.3 Å². The van der Waals surface area contributed by atoms with E-state index in [1.807, 2.05) is 167 Å². The van der Waals surface area contributed by atoms with Crippen molar-refractivity contribution in [1.29, 1.82) is 0 Å². The maximum Gasteiger partial charge on any atom is 0.164 e. The van der Waals surface area contributed by atoms with Crippen molar-refractivity contribution in [3.63, 3.8) is 0 Å². The van der Waals surface area contributed by atoms with Gasteiger partial charge in [-0.25, -0.2) is 29.9 Å². The molecule has 8 aromatic heterocycles. The molecule has 0 amide bonds. The molecule has 25 rings (SSSR count). The van der Waals surface area contributed by atoms with E-state index in [1.165, 1.54) is 136 Å². The molecule has 25 aromatic rings. The molecule has 17 aromatic carbocycles. The number of para-hydroxylation sites is 2. The van der Waals surface area contributed by atoms with Crippen molar-refractivity contribution < 1.29 is 0 Å². The lowest BCUT2D eigenvalue weighted by molar-refractivity contribution is 1.07. The fourth-order valence-corrected chi connectivity index (χ4v) is 23.0. The predicted molar refractivity (Wildman–Crippen MR) is 509 cm³/mol. The Balaban J connectivity index is 0.000000137. The third-order valence-electron chi connectivity index (χ3n) is 23.3. The second-order valence-corrected chi connectivity index (χ2v) is 34.5. The lowest BCUT2D eigenvalue weighted by Gasteiger charge is -2.12. The van der Waals surface area contributed by atoms with E-state index in [0.717, 1.165) is 66.9 Å². The predicted octanol–water partition coefficient (Wildman–Crippen LogP) is 30.4. The molecule has 0 radical (unpaired) electrons. The molecular formula is C108H64N8S4. The van der Waals surface area contributed by atoms with Gasteiger partial charge < -0.3 is 9.13 Å². The normalized spacial score (nSPS) is 11.8. The average molecular weight is 1600 g/mol. The summed E-state index contributed by atoms with van der Waals surface area (Å²) in [6, 6.07) is 138. The van der Waals surface area contributed by atoms with E-state index >= 15 is 0 Å². The summed E-state index contributed by atoms with van der Waals surface area (Å²) in [7, 11) is 0. The van der Waals surface area contributed by atoms with Crippen molar-refractivity contribution in [2.24, 2.45) is 0 Å². The Morgan fingerprint density at radius 2 is 0.442 bits per heavy atom. The van der Waals surface area contributed by atoms with Crippen LogP contribution in [0.3, 0.4) is 0 Å². The average Bonchev–Trinajstić information content (AvgIpc) is 1.58. The standard InChI is InChI=1S/C57H34N4S2.C51H30N4S2/c1-3-14-35(15-4-1)55-58-56(36-16-5-2-6-17-36)60-57(59-55)40-20-11-18-37(32-40)38-19-12-21-41(33-38)61-49-26-9-7-22-43(49)48-34-39(28-31-50(48)61)42-24-13-25-45-47-30-29-46-44-23-8-10-27-51(44)62-53(46)54(47)63-52(42)45;1-3-13-31(14-4-1)49-52-50(32-15-5-2-6-16-32)54-51(53-49)34-17-11-18-35(29-34)55-43-23-9-7-19-37(43)42-30-33(25-28-44(42)55)36-21-12-22-39-41-27-26-40-38-20-8-10-24-45(38)56-47(40)48(41)57-46(36)39/h1-34H;1-30H. The van der Waals surface area contributed by atoms with Crippen molar-refractivity contribution >= 4 is 170 Å². The number of nitrogens with zero attached hydrogens (tertiary/aromatic N) is 8. The highest BCUT2D eigenvalue weighted by Gasteiger charge is 2.24. The zero-order valence-corrected chi connectivity index (χ0v) is 67.4. The third-order valence-corrected chi connectivity index (χ3v) is 28.5. The van der Waals surface area contributed by atoms with Gasteiger partial charge in [0.1, 0.15) is 0 Å². The minimum absolute atomic E-state index is 0.636. The minimum Gasteiger partial charge on any atom is -0.309 e. The summed E-state index contributed by atoms with van der Waals surface area (Å²) in [5.41, 5.74) is 19.7. The van der Waals surface area contributed by atoms with Crippen molar-refractivity contribution in [2.45, 2.75) is 0 Å². The van der Waals surface area contributed by atoms with Crippen molar-refractivity contribution in [3.05, 3.63) is 388 Å². The van der Waals surface area contributed by atoms with Gasteiger partial charge in [-0.2, -0.15) is 0 Å². The number of thiophene rings is 4. The van der Waals surface area contributed by atoms with Gasteiger partial charge in [-0.05, 0) is 112 Å². The molecule has 0 saturated heterocycles. The first-order chi connectivity index (χ1) is 59.5. The fourth-order valence-electron chi connectivity index (χ4n) is 17.7. The van der Waals surface area contributed by atoms with Crippen LogP contribution in [0.4, 0.5) is 0 Å². The second kappa shape index (κ2) is 28.6. The molecule has 120 heavy (non-hydrogen) atoms. The maximum absolute atomic E-state index is 5.03. The molecule has 0 aliphatic carbocycles. The van der Waals surface area contributed by atoms with Gasteiger partial charge in [0.25, 0.3) is 0 Å². The van der Waals surface area contributed by atoms with Crippen LogP contribution in [-0.2, 0) is 0 Å². The van der Waals surface area contributed by atoms with Gasteiger partial charge in [-0.15, -0.1) is 45.3 Å². The molecule has 0 N–H and O–H groups in total. The molecular weight excluding hydrogens is 1540 g/mol. The zero-order valence-electron chi connectivity index (χ0n) is 64.2. The van der Waals surface area contributed by atoms with Crippen LogP contribution in [0, 0.1) is 0 Å². The maximum atomic E-state index is 5.03. The summed E-state index contributed by atoms with van der Waals surface area (Å²) < 4.78 is 15.6. The van der Waals surface area contributed by atoms with E-state index in [4.69, 9.17) is 29.9 Å². The molecule has 12 heteroatoms. The van der Waals surface area contributed by atoms with E-state index in [1.54, 1.807) is 0 Å². The van der Waals surface area contributed by atoms with E-state index < -0.39 is 0 Å². The Morgan fingerprint density at radius 1 is 0.158 bits per heavy atom. The molecule has 560 valence electrons. The molecule has 0 atom stereocenters. The number of benzene rings is 17. The monoisotopic (exact) mass is 1600 g/mol. The molecule has 0 saturated carbocycles. The van der Waals surface area contributed by atoms with Crippen LogP contribution in [0.5, 0.6) is 0 Å². The highest BCUT2D eigenvalue weighted by atomic mass is 32.1. The van der Waals surface area contributed by atoms with Gasteiger partial charge in [0.2, 0.25) is 0 Å². The smallest absolute Gasteiger partial charge is 0.164 e. The summed E-state index contributed by atoms with van der Waals surface area (Å²) in [5, 5.41) is 15.6. The van der Waals surface area contributed by atoms with Gasteiger partial charge in [0.15, 0.2) is 34.9 Å². The number of hydrogen-bond acceptors (Lipinski definition) is 10. The van der Waals surface area contributed by atoms with Crippen LogP contribution in [0.2, 0.25) is 0 Å². The summed E-state index contributed by atoms with van der Waals surface area (Å²) >= 11 is 7.67. The Hall–Kier alpha value is -14.8. The molecule has 0 aliphatic rings. The van der Waals surface area contributed by atoms with Crippen molar-refractivity contribution in [1.82, 2.24) is 39.0 Å². The summed E-state index contributed by atoms with van der Waals surface area (Å²) in [4.78, 5) is 29.9. The van der Waals surface area contributed by atoms with E-state index in [-0.39, 0.29) is 0 Å². The molecule has 0 bridgehead atoms. The fraction of sp³-hybridized carbons (Fsp3) is 0. The molecule has 0 unspecified atom stereocenters. The first-order valence-electron chi connectivity index (χ1n) is 40.1. The summed E-state index contributed by atoms with van der Waals surface area (Å²) in [6.07, 6.45) is 0. The van der Waals surface area contributed by atoms with Crippen molar-refractivity contribution in [2.75, 3.05) is 0 Å². The molecule has 0 spiro atoms. The van der Waals surface area contributed by atoms with E-state index in [0.29, 0.717) is 34.9 Å². The largest absolute Gasteiger partial charge is 0.309 e. The highest BCUT2D eigenvalue weighted by molar-refractivity contribution is 7.34. The Bertz CT molecular complexity index is 8310. The Labute approximate surface area is 704 Å². The van der Waals surface area contributed by atoms with Crippen LogP contribution in [0.25, 0.3) is 237 Å². The topological polar surface area (TPSA) is 87.2 Å². The quantitative estimate of drug-likeness (QED) is 0.128. The lowest BCUT2D eigenvalue weighted by atomic mass is 10.0. The highest BCUT2D eigenvalue weighted by Crippen LogP contribution is 2.51. The molecule has 8 heterocycles. The van der Waals surface area contributed by atoms with Gasteiger partial charge in [0.05, 0.1) is 40.9 Å². The second-order valence-electron chi connectivity index (χ2n) is 30.3. The number of fused-ring (bicyclic) bond motifs is 20. The summed E-state index contributed by atoms with van der Waals surface area (Å²) in [5.74, 6) is 3.87. The summed E-state index contributed by atoms with van der Waals surface area (Å²) in [6.45, 7) is 0. The van der Waals surface area contributed by atoms with Crippen LogP contribution in [0.15, 0.2) is 388 Å². The SMILES string of the molecule is c1ccc(-c2nc(-c3ccccc3)nc(-c3cccc(-c4cccc(-n5c6ccccc6c6cc(-c7cccc8c7sc7c8ccc8c9ccccc9sc87)ccc65)c4)c3)n2)cc1.c1ccc(-c2nc(-c3ccccc3)nc(-c3cccc(-n4c5ccccc5c5cc(-c6cccc7c6sc6c7ccc7c8ccccc8sc76)ccc54)c3)n2)cc1. The van der Waals surface area contributed by atoms with Crippen LogP contribution < -0.4 is 0 Å². The zero-order chi connectivity index (χ0) is 78.9. The van der Waals surface area contributed by atoms with Gasteiger partial charge in [0, 0.05) is 128 Å². The van der Waals surface area contributed by atoms with Crippen molar-refractivity contribution in [3.8, 4) is 113 Å². The van der Waals surface area contributed by atoms with E-state index in [9.17, 15) is 0 Å². The minimum atomic E-state index is 0.636. The molecule has 8 nitrogen and oxygen atoms in total. The van der Waals surface area contributed by atoms with Crippen LogP contribution in [0.1, 0.15) is 0 Å². The van der Waals surface area contributed by atoms with Crippen LogP contribution in [-0.4, -0.2) is 39.0 Å². The Kier molecular flexibility index (Phi) is 16.5. The molecule has 0 aliphatic heterocycles. The molecule has 0 fully saturated rings. The number of hydrogen-bond donors (Lipinski definition) is 0. The number of aromatic nitrogens is 8. The van der Waals surface area contributed by atoms with Gasteiger partial charge in [-0.1, -0.05) is 309 Å². The van der Waals surface area contributed by atoms with Gasteiger partial charge >= 0.3 is 0 Å².